The molecule has 3 unspecified atom stereocenters. The normalized spacial score (nSPS) is 34.0. The molecule has 212 valence electrons. The number of ether oxygens (including phenoxy) is 2. The Morgan fingerprint density at radius 3 is 2.44 bits per heavy atom. The first-order chi connectivity index (χ1) is 19.9. The van der Waals surface area contributed by atoms with E-state index in [-0.39, 0.29) is 17.5 Å². The van der Waals surface area contributed by atoms with E-state index >= 15 is 0 Å². The van der Waals surface area contributed by atoms with Crippen molar-refractivity contribution in [3.05, 3.63) is 96.3 Å². The summed E-state index contributed by atoms with van der Waals surface area (Å²) in [5.74, 6) is 4.21. The molecule has 4 aliphatic carbocycles. The molecule has 3 aromatic rings. The largest absolute Gasteiger partial charge is 0.459 e. The average molecular weight is 548 g/mol. The number of esters is 1. The fraction of sp³-hybridized carbons (Fsp3) is 0.459. The molecule has 3 saturated carbocycles. The molecule has 1 aromatic heterocycles. The van der Waals surface area contributed by atoms with Gasteiger partial charge in [0.15, 0.2) is 0 Å². The monoisotopic (exact) mass is 547 g/mol. The average Bonchev–Trinajstić information content (AvgIpc) is 3.36. The van der Waals surface area contributed by atoms with Crippen LogP contribution in [0.1, 0.15) is 81.1 Å². The van der Waals surface area contributed by atoms with Gasteiger partial charge in [-0.15, -0.1) is 0 Å². The molecule has 7 rings (SSSR count). The smallest absolute Gasteiger partial charge is 0.338 e. The Hall–Kier alpha value is -3.40. The molecule has 0 radical (unpaired) electrons. The van der Waals surface area contributed by atoms with E-state index in [0.29, 0.717) is 22.6 Å². The predicted octanol–water partition coefficient (Wildman–Crippen LogP) is 9.14. The minimum Gasteiger partial charge on any atom is -0.459 e. The summed E-state index contributed by atoms with van der Waals surface area (Å²) < 4.78 is 12.0. The Balaban J connectivity index is 0.987. The zero-order chi connectivity index (χ0) is 28.0. The number of nitrogens with zero attached hydrogens (tertiary/aromatic N) is 1. The number of aromatic nitrogens is 1. The van der Waals surface area contributed by atoms with E-state index in [0.717, 1.165) is 42.8 Å². The summed E-state index contributed by atoms with van der Waals surface area (Å²) in [6.07, 6.45) is 16.0. The molecule has 3 fully saturated rings. The van der Waals surface area contributed by atoms with Crippen LogP contribution in [-0.2, 0) is 4.74 Å². The van der Waals surface area contributed by atoms with E-state index in [1.54, 1.807) is 0 Å². The first kappa shape index (κ1) is 26.5. The molecule has 7 atom stereocenters. The molecule has 4 aliphatic rings. The second-order valence-electron chi connectivity index (χ2n) is 13.4. The number of para-hydroxylation sites is 1. The van der Waals surface area contributed by atoms with Crippen LogP contribution in [-0.4, -0.2) is 17.1 Å². The number of hydrogen-bond acceptors (Lipinski definition) is 4. The molecular formula is C37H41NO3. The Morgan fingerprint density at radius 1 is 0.854 bits per heavy atom. The molecule has 1 heterocycles. The highest BCUT2D eigenvalue weighted by atomic mass is 16.5. The van der Waals surface area contributed by atoms with E-state index < -0.39 is 0 Å². The van der Waals surface area contributed by atoms with E-state index in [9.17, 15) is 4.79 Å². The second kappa shape index (κ2) is 10.5. The van der Waals surface area contributed by atoms with Crippen molar-refractivity contribution in [2.45, 2.75) is 71.3 Å². The molecular weight excluding hydrogens is 506 g/mol. The summed E-state index contributed by atoms with van der Waals surface area (Å²) in [6.45, 7) is 5.11. The maximum Gasteiger partial charge on any atom is 0.338 e. The molecule has 0 aliphatic heterocycles. The Kier molecular flexibility index (Phi) is 6.76. The van der Waals surface area contributed by atoms with Gasteiger partial charge in [-0.3, -0.25) is 4.98 Å². The van der Waals surface area contributed by atoms with Crippen LogP contribution in [0.3, 0.4) is 0 Å². The number of fused-ring (bicyclic) bond motifs is 5. The van der Waals surface area contributed by atoms with Gasteiger partial charge in [-0.25, -0.2) is 4.79 Å². The summed E-state index contributed by atoms with van der Waals surface area (Å²) in [6, 6.07) is 21.3. The van der Waals surface area contributed by atoms with Crippen molar-refractivity contribution in [1.29, 1.82) is 0 Å². The lowest BCUT2D eigenvalue weighted by molar-refractivity contribution is -0.117. The Bertz CT molecular complexity index is 1420. The van der Waals surface area contributed by atoms with E-state index in [1.807, 2.05) is 60.8 Å². The van der Waals surface area contributed by atoms with E-state index in [1.165, 1.54) is 43.2 Å². The number of rotatable bonds is 5. The van der Waals surface area contributed by atoms with Crippen molar-refractivity contribution >= 4 is 11.5 Å². The Morgan fingerprint density at radius 2 is 1.66 bits per heavy atom. The fourth-order valence-electron chi connectivity index (χ4n) is 9.37. The van der Waals surface area contributed by atoms with Crippen LogP contribution in [0.5, 0.6) is 11.5 Å². The standard InChI is InChI=1S/C37H41NO3/c1-36-20-18-30(41-35(39)25-10-13-29(14-11-25)40-28-8-4-3-5-9-28)23-27(36)12-15-31-33-17-16-32(26-7-6-22-38-24-26)37(33,2)21-19-34(31)36/h3-11,13-14,16,22,24,27,30-31,33-34H,12,15,17-21,23H2,1-2H3/t27-,30+,31?,33?,34?,36+,37-/m1/s1. The van der Waals surface area contributed by atoms with Gasteiger partial charge in [-0.1, -0.05) is 44.2 Å². The molecule has 2 aromatic carbocycles. The zero-order valence-electron chi connectivity index (χ0n) is 24.3. The summed E-state index contributed by atoms with van der Waals surface area (Å²) in [5.41, 5.74) is 4.06. The molecule has 0 spiro atoms. The van der Waals surface area contributed by atoms with Gasteiger partial charge in [-0.05, 0) is 139 Å². The van der Waals surface area contributed by atoms with Gasteiger partial charge in [0, 0.05) is 12.4 Å². The Labute approximate surface area is 244 Å². The number of hydrogen-bond donors (Lipinski definition) is 0. The van der Waals surface area contributed by atoms with Gasteiger partial charge < -0.3 is 9.47 Å². The summed E-state index contributed by atoms with van der Waals surface area (Å²) in [5, 5.41) is 0. The third-order valence-corrected chi connectivity index (χ3v) is 11.5. The second-order valence-corrected chi connectivity index (χ2v) is 13.4. The van der Waals surface area contributed by atoms with Gasteiger partial charge in [0.05, 0.1) is 5.56 Å². The van der Waals surface area contributed by atoms with Crippen molar-refractivity contribution in [2.24, 2.45) is 34.5 Å². The zero-order valence-corrected chi connectivity index (χ0v) is 24.3. The lowest BCUT2D eigenvalue weighted by Crippen LogP contribution is -2.53. The SMILES string of the molecule is C[C@]12CCC3C(CC[C@@H]4C[C@@H](OC(=O)c5ccc(Oc6ccccc6)cc5)CC[C@]34C)C1CC=C2c1cccnc1. The van der Waals surface area contributed by atoms with Crippen LogP contribution >= 0.6 is 0 Å². The number of carbonyl (C=O) groups excluding carboxylic acids is 1. The van der Waals surface area contributed by atoms with Crippen LogP contribution in [0.4, 0.5) is 0 Å². The third-order valence-electron chi connectivity index (χ3n) is 11.5. The van der Waals surface area contributed by atoms with Crippen LogP contribution in [0.2, 0.25) is 0 Å². The fourth-order valence-corrected chi connectivity index (χ4v) is 9.37. The van der Waals surface area contributed by atoms with Crippen LogP contribution < -0.4 is 4.74 Å². The predicted molar refractivity (Wildman–Crippen MR) is 161 cm³/mol. The van der Waals surface area contributed by atoms with Crippen molar-refractivity contribution in [1.82, 2.24) is 4.98 Å². The highest BCUT2D eigenvalue weighted by molar-refractivity contribution is 5.89. The van der Waals surface area contributed by atoms with E-state index in [2.05, 4.69) is 43.2 Å². The lowest BCUT2D eigenvalue weighted by atomic mass is 9.44. The van der Waals surface area contributed by atoms with Gasteiger partial charge in [-0.2, -0.15) is 0 Å². The van der Waals surface area contributed by atoms with Crippen molar-refractivity contribution in [2.75, 3.05) is 0 Å². The number of pyridine rings is 1. The van der Waals surface area contributed by atoms with Crippen molar-refractivity contribution in [3.63, 3.8) is 0 Å². The van der Waals surface area contributed by atoms with Crippen LogP contribution in [0.15, 0.2) is 85.2 Å². The van der Waals surface area contributed by atoms with Crippen molar-refractivity contribution in [3.8, 4) is 11.5 Å². The minimum absolute atomic E-state index is 0.0107. The summed E-state index contributed by atoms with van der Waals surface area (Å²) in [7, 11) is 0. The molecule has 0 bridgehead atoms. The quantitative estimate of drug-likeness (QED) is 0.299. The van der Waals surface area contributed by atoms with Gasteiger partial charge in [0.1, 0.15) is 17.6 Å². The first-order valence-corrected chi connectivity index (χ1v) is 15.6. The first-order valence-electron chi connectivity index (χ1n) is 15.6. The van der Waals surface area contributed by atoms with Crippen molar-refractivity contribution < 1.29 is 14.3 Å². The molecule has 41 heavy (non-hydrogen) atoms. The maximum absolute atomic E-state index is 13.1. The van der Waals surface area contributed by atoms with Crippen LogP contribution in [0, 0.1) is 34.5 Å². The van der Waals surface area contributed by atoms with Gasteiger partial charge >= 0.3 is 5.97 Å². The molecule has 0 saturated heterocycles. The molecule has 0 amide bonds. The topological polar surface area (TPSA) is 48.4 Å². The molecule has 0 N–H and O–H groups in total. The summed E-state index contributed by atoms with van der Waals surface area (Å²) in [4.78, 5) is 17.5. The van der Waals surface area contributed by atoms with E-state index in [4.69, 9.17) is 9.47 Å². The summed E-state index contributed by atoms with van der Waals surface area (Å²) >= 11 is 0. The minimum atomic E-state index is -0.216. The lowest BCUT2D eigenvalue weighted by Gasteiger charge is -2.60. The van der Waals surface area contributed by atoms with Crippen LogP contribution in [0.25, 0.3) is 5.57 Å². The number of carbonyl (C=O) groups is 1. The number of benzene rings is 2. The maximum atomic E-state index is 13.1. The highest BCUT2D eigenvalue weighted by Gasteiger charge is 2.58. The number of allylic oxidation sites excluding steroid dienone is 2. The van der Waals surface area contributed by atoms with Gasteiger partial charge in [0.2, 0.25) is 0 Å². The molecule has 4 heteroatoms. The third kappa shape index (κ3) is 4.70. The van der Waals surface area contributed by atoms with Gasteiger partial charge in [0.25, 0.3) is 0 Å². The highest BCUT2D eigenvalue weighted by Crippen LogP contribution is 2.67. The molecule has 4 nitrogen and oxygen atoms in total.